The lowest BCUT2D eigenvalue weighted by molar-refractivity contribution is 0.101. The molecule has 1 fully saturated rings. The standard InChI is InChI=1S/C21H23N3O5/c1-23(2)11-15-5-3-4-14-10-16(6-7-18(14)20(15)25)24-12-17(29-21(24)26)13-27-19-8-9-28-22-19/h6-11,17H,3-5,12-13H2,1-2H3/t17-/m1/s1. The van der Waals surface area contributed by atoms with Gasteiger partial charge in [-0.3, -0.25) is 9.69 Å². The summed E-state index contributed by atoms with van der Waals surface area (Å²) in [7, 11) is 3.83. The van der Waals surface area contributed by atoms with Crippen molar-refractivity contribution in [2.45, 2.75) is 25.4 Å². The van der Waals surface area contributed by atoms with Gasteiger partial charge in [0.25, 0.3) is 5.88 Å². The number of anilines is 1. The number of amides is 1. The quantitative estimate of drug-likeness (QED) is 0.566. The summed E-state index contributed by atoms with van der Waals surface area (Å²) in [6.07, 6.45) is 4.90. The van der Waals surface area contributed by atoms with E-state index in [1.807, 2.05) is 37.3 Å². The molecule has 1 amide bonds. The molecule has 2 aliphatic rings. The fourth-order valence-corrected chi connectivity index (χ4v) is 3.64. The highest BCUT2D eigenvalue weighted by Gasteiger charge is 2.33. The molecule has 0 bridgehead atoms. The number of rotatable bonds is 5. The Hall–Kier alpha value is -3.29. The summed E-state index contributed by atoms with van der Waals surface area (Å²) in [5.74, 6) is 0.408. The molecule has 2 heterocycles. The van der Waals surface area contributed by atoms with Crippen molar-refractivity contribution in [2.24, 2.45) is 0 Å². The maximum Gasteiger partial charge on any atom is 0.414 e. The van der Waals surface area contributed by atoms with Gasteiger partial charge in [-0.25, -0.2) is 4.79 Å². The number of allylic oxidation sites excluding steroid dienone is 1. The van der Waals surface area contributed by atoms with Gasteiger partial charge in [-0.05, 0) is 48.2 Å². The number of aryl methyl sites for hydroxylation is 1. The Bertz CT molecular complexity index is 936. The highest BCUT2D eigenvalue weighted by Crippen LogP contribution is 2.30. The Morgan fingerprint density at radius 3 is 2.90 bits per heavy atom. The first-order chi connectivity index (χ1) is 14.0. The fourth-order valence-electron chi connectivity index (χ4n) is 3.64. The van der Waals surface area contributed by atoms with Crippen LogP contribution in [0.2, 0.25) is 0 Å². The molecule has 1 atom stereocenters. The monoisotopic (exact) mass is 397 g/mol. The molecule has 8 nitrogen and oxygen atoms in total. The third-order valence-corrected chi connectivity index (χ3v) is 4.95. The highest BCUT2D eigenvalue weighted by molar-refractivity contribution is 6.10. The number of aromatic nitrogens is 1. The van der Waals surface area contributed by atoms with Gasteiger partial charge >= 0.3 is 6.09 Å². The van der Waals surface area contributed by atoms with Crippen LogP contribution in [0.15, 0.2) is 46.8 Å². The maximum absolute atomic E-state index is 12.9. The van der Waals surface area contributed by atoms with Crippen LogP contribution >= 0.6 is 0 Å². The Morgan fingerprint density at radius 2 is 2.14 bits per heavy atom. The lowest BCUT2D eigenvalue weighted by Gasteiger charge is -2.16. The largest absolute Gasteiger partial charge is 0.471 e. The Kier molecular flexibility index (Phi) is 5.24. The number of cyclic esters (lactones) is 1. The summed E-state index contributed by atoms with van der Waals surface area (Å²) >= 11 is 0. The fraction of sp³-hybridized carbons (Fsp3) is 0.381. The minimum absolute atomic E-state index is 0.0561. The molecular formula is C21H23N3O5. The minimum Gasteiger partial charge on any atom is -0.471 e. The maximum atomic E-state index is 12.9. The lowest BCUT2D eigenvalue weighted by atomic mass is 9.99. The van der Waals surface area contributed by atoms with E-state index in [1.54, 1.807) is 17.0 Å². The van der Waals surface area contributed by atoms with E-state index in [4.69, 9.17) is 14.0 Å². The van der Waals surface area contributed by atoms with Crippen molar-refractivity contribution in [2.75, 3.05) is 32.1 Å². The van der Waals surface area contributed by atoms with Gasteiger partial charge in [-0.2, -0.15) is 0 Å². The van der Waals surface area contributed by atoms with Crippen LogP contribution in [-0.2, 0) is 11.2 Å². The number of carbonyl (C=O) groups is 2. The van der Waals surface area contributed by atoms with Gasteiger partial charge in [-0.1, -0.05) is 0 Å². The van der Waals surface area contributed by atoms with Gasteiger partial charge in [0.15, 0.2) is 11.9 Å². The van der Waals surface area contributed by atoms with Crippen LogP contribution in [0.5, 0.6) is 5.88 Å². The second kappa shape index (κ2) is 7.98. The molecule has 1 aliphatic heterocycles. The second-order valence-electron chi connectivity index (χ2n) is 7.41. The summed E-state index contributed by atoms with van der Waals surface area (Å²) in [5.41, 5.74) is 3.21. The van der Waals surface area contributed by atoms with Gasteiger partial charge in [-0.15, -0.1) is 0 Å². The van der Waals surface area contributed by atoms with E-state index in [2.05, 4.69) is 5.16 Å². The lowest BCUT2D eigenvalue weighted by Crippen LogP contribution is -2.26. The minimum atomic E-state index is -0.424. The van der Waals surface area contributed by atoms with Crippen LogP contribution in [-0.4, -0.2) is 55.3 Å². The van der Waals surface area contributed by atoms with E-state index in [-0.39, 0.29) is 12.4 Å². The van der Waals surface area contributed by atoms with Crippen molar-refractivity contribution in [3.05, 3.63) is 53.4 Å². The highest BCUT2D eigenvalue weighted by atomic mass is 16.6. The van der Waals surface area contributed by atoms with Crippen molar-refractivity contribution in [1.82, 2.24) is 10.1 Å². The average Bonchev–Trinajstić information content (AvgIpc) is 3.31. The van der Waals surface area contributed by atoms with E-state index >= 15 is 0 Å². The van der Waals surface area contributed by atoms with Gasteiger partial charge < -0.3 is 18.9 Å². The zero-order valence-corrected chi connectivity index (χ0v) is 16.5. The molecule has 1 aromatic heterocycles. The predicted molar refractivity (Wildman–Crippen MR) is 105 cm³/mol. The summed E-state index contributed by atoms with van der Waals surface area (Å²) in [6, 6.07) is 7.14. The molecule has 0 unspecified atom stereocenters. The number of hydrogen-bond donors (Lipinski definition) is 0. The molecule has 0 radical (unpaired) electrons. The third kappa shape index (κ3) is 4.11. The van der Waals surface area contributed by atoms with Crippen LogP contribution in [0.1, 0.15) is 28.8 Å². The van der Waals surface area contributed by atoms with Crippen molar-refractivity contribution in [1.29, 1.82) is 0 Å². The summed E-state index contributed by atoms with van der Waals surface area (Å²) in [5, 5.41) is 3.67. The zero-order valence-electron chi connectivity index (χ0n) is 16.5. The zero-order chi connectivity index (χ0) is 20.4. The Balaban J connectivity index is 1.49. The van der Waals surface area contributed by atoms with Crippen LogP contribution < -0.4 is 9.64 Å². The van der Waals surface area contributed by atoms with Crippen molar-refractivity contribution in [3.8, 4) is 5.88 Å². The number of ether oxygens (including phenoxy) is 2. The van der Waals surface area contributed by atoms with E-state index in [0.717, 1.165) is 36.1 Å². The molecule has 0 saturated carbocycles. The summed E-state index contributed by atoms with van der Waals surface area (Å²) in [6.45, 7) is 0.562. The summed E-state index contributed by atoms with van der Waals surface area (Å²) in [4.78, 5) is 28.7. The number of fused-ring (bicyclic) bond motifs is 1. The molecule has 29 heavy (non-hydrogen) atoms. The number of carbonyl (C=O) groups excluding carboxylic acids is 2. The smallest absolute Gasteiger partial charge is 0.414 e. The Labute approximate surface area is 168 Å². The molecule has 1 aliphatic carbocycles. The van der Waals surface area contributed by atoms with Crippen molar-refractivity contribution >= 4 is 17.6 Å². The SMILES string of the molecule is CN(C)C=C1CCCc2cc(N3C[C@H](COc4ccon4)OC3=O)ccc2C1=O. The molecule has 0 spiro atoms. The predicted octanol–water partition coefficient (Wildman–Crippen LogP) is 3.04. The van der Waals surface area contributed by atoms with Crippen LogP contribution in [0.3, 0.4) is 0 Å². The number of ketones is 1. The van der Waals surface area contributed by atoms with E-state index < -0.39 is 12.2 Å². The topological polar surface area (TPSA) is 85.1 Å². The number of Topliss-reactive ketones (excluding diaryl/α,β-unsaturated/α-hetero) is 1. The first-order valence-electron chi connectivity index (χ1n) is 9.57. The first-order valence-corrected chi connectivity index (χ1v) is 9.57. The molecule has 1 saturated heterocycles. The van der Waals surface area contributed by atoms with Gasteiger partial charge in [0.2, 0.25) is 0 Å². The van der Waals surface area contributed by atoms with Gasteiger partial charge in [0.05, 0.1) is 6.54 Å². The van der Waals surface area contributed by atoms with Gasteiger partial charge in [0, 0.05) is 43.2 Å². The van der Waals surface area contributed by atoms with Crippen molar-refractivity contribution in [3.63, 3.8) is 0 Å². The average molecular weight is 397 g/mol. The van der Waals surface area contributed by atoms with Crippen LogP contribution in [0, 0.1) is 0 Å². The third-order valence-electron chi connectivity index (χ3n) is 4.95. The molecule has 152 valence electrons. The normalized spacial score (nSPS) is 20.4. The van der Waals surface area contributed by atoms with Crippen LogP contribution in [0.25, 0.3) is 0 Å². The van der Waals surface area contributed by atoms with Crippen molar-refractivity contribution < 1.29 is 23.6 Å². The first kappa shape index (κ1) is 19.0. The van der Waals surface area contributed by atoms with Crippen LogP contribution in [0.4, 0.5) is 10.5 Å². The number of benzene rings is 1. The number of hydrogen-bond acceptors (Lipinski definition) is 7. The van der Waals surface area contributed by atoms with Gasteiger partial charge in [0.1, 0.15) is 12.9 Å². The molecule has 2 aromatic rings. The van der Waals surface area contributed by atoms with E-state index in [0.29, 0.717) is 18.0 Å². The molecular weight excluding hydrogens is 374 g/mol. The molecule has 0 N–H and O–H groups in total. The Morgan fingerprint density at radius 1 is 1.28 bits per heavy atom. The second-order valence-corrected chi connectivity index (χ2v) is 7.41. The molecule has 4 rings (SSSR count). The molecule has 8 heteroatoms. The molecule has 1 aromatic carbocycles. The number of nitrogens with zero attached hydrogens (tertiary/aromatic N) is 3. The summed E-state index contributed by atoms with van der Waals surface area (Å²) < 4.78 is 15.6. The van der Waals surface area contributed by atoms with E-state index in [1.165, 1.54) is 6.26 Å². The van der Waals surface area contributed by atoms with E-state index in [9.17, 15) is 9.59 Å².